The molecule has 19 heavy (non-hydrogen) atoms. The smallest absolute Gasteiger partial charge is 0.119 e. The van der Waals surface area contributed by atoms with Crippen LogP contribution in [0.5, 0.6) is 5.75 Å². The first kappa shape index (κ1) is 12.9. The summed E-state index contributed by atoms with van der Waals surface area (Å²) in [5.41, 5.74) is 2.73. The van der Waals surface area contributed by atoms with E-state index in [2.05, 4.69) is 30.6 Å². The van der Waals surface area contributed by atoms with Gasteiger partial charge in [-0.1, -0.05) is 6.07 Å². The van der Waals surface area contributed by atoms with Gasteiger partial charge >= 0.3 is 0 Å². The fourth-order valence-electron chi connectivity index (χ4n) is 3.61. The van der Waals surface area contributed by atoms with Crippen molar-refractivity contribution in [3.8, 4) is 5.75 Å². The maximum atomic E-state index is 6.26. The van der Waals surface area contributed by atoms with Crippen molar-refractivity contribution in [2.75, 3.05) is 20.8 Å². The summed E-state index contributed by atoms with van der Waals surface area (Å²) in [5.74, 6) is 0.955. The van der Waals surface area contributed by atoms with Crippen molar-refractivity contribution in [2.45, 2.75) is 43.7 Å². The van der Waals surface area contributed by atoms with Gasteiger partial charge in [-0.25, -0.2) is 0 Å². The second-order valence-corrected chi connectivity index (χ2v) is 5.70. The highest BCUT2D eigenvalue weighted by molar-refractivity contribution is 5.41. The van der Waals surface area contributed by atoms with Gasteiger partial charge in [-0.05, 0) is 62.4 Å². The van der Waals surface area contributed by atoms with Crippen molar-refractivity contribution in [1.29, 1.82) is 0 Å². The van der Waals surface area contributed by atoms with Gasteiger partial charge in [-0.2, -0.15) is 0 Å². The van der Waals surface area contributed by atoms with Crippen LogP contribution in [0.25, 0.3) is 0 Å². The van der Waals surface area contributed by atoms with Gasteiger partial charge in [0.05, 0.1) is 12.7 Å². The Hall–Kier alpha value is -1.06. The number of aryl methyl sites for hydroxylation is 1. The molecule has 3 nitrogen and oxygen atoms in total. The van der Waals surface area contributed by atoms with Gasteiger partial charge in [-0.15, -0.1) is 0 Å². The Bertz CT molecular complexity index is 460. The molecular formula is C16H23NO2. The zero-order chi connectivity index (χ0) is 13.3. The van der Waals surface area contributed by atoms with Crippen molar-refractivity contribution in [1.82, 2.24) is 5.32 Å². The van der Waals surface area contributed by atoms with Crippen LogP contribution in [-0.4, -0.2) is 26.8 Å². The summed E-state index contributed by atoms with van der Waals surface area (Å²) < 4.78 is 11.6. The Kier molecular flexibility index (Phi) is 3.50. The first-order valence-electron chi connectivity index (χ1n) is 7.26. The molecule has 3 rings (SSSR count). The highest BCUT2D eigenvalue weighted by Crippen LogP contribution is 2.45. The van der Waals surface area contributed by atoms with E-state index in [1.54, 1.807) is 7.11 Å². The highest BCUT2D eigenvalue weighted by atomic mass is 16.5. The number of hydrogen-bond donors (Lipinski definition) is 1. The fourth-order valence-corrected chi connectivity index (χ4v) is 3.61. The minimum Gasteiger partial charge on any atom is -0.497 e. The highest BCUT2D eigenvalue weighted by Gasteiger charge is 2.41. The molecule has 3 heteroatoms. The lowest BCUT2D eigenvalue weighted by molar-refractivity contribution is -0.104. The molecule has 2 atom stereocenters. The standard InChI is InChI=1S/C16H23NO2/c1-17-13-7-9-19-16(11-13)8-3-4-12-10-14(18-2)5-6-15(12)16/h5-6,10,13,17H,3-4,7-9,11H2,1-2H3. The van der Waals surface area contributed by atoms with Crippen molar-refractivity contribution < 1.29 is 9.47 Å². The van der Waals surface area contributed by atoms with Gasteiger partial charge in [0, 0.05) is 12.6 Å². The second kappa shape index (κ2) is 5.14. The van der Waals surface area contributed by atoms with E-state index in [9.17, 15) is 0 Å². The molecule has 2 aliphatic rings. The van der Waals surface area contributed by atoms with E-state index >= 15 is 0 Å². The predicted molar refractivity (Wildman–Crippen MR) is 75.6 cm³/mol. The molecule has 1 spiro atoms. The molecule has 0 radical (unpaired) electrons. The van der Waals surface area contributed by atoms with E-state index in [-0.39, 0.29) is 5.60 Å². The molecule has 1 N–H and O–H groups in total. The van der Waals surface area contributed by atoms with E-state index < -0.39 is 0 Å². The lowest BCUT2D eigenvalue weighted by Gasteiger charge is -2.44. The molecule has 0 amide bonds. The van der Waals surface area contributed by atoms with Crippen LogP contribution in [0.15, 0.2) is 18.2 Å². The SMILES string of the molecule is CNC1CCOC2(CCCc3cc(OC)ccc32)C1. The summed E-state index contributed by atoms with van der Waals surface area (Å²) in [6.45, 7) is 0.858. The van der Waals surface area contributed by atoms with Crippen molar-refractivity contribution >= 4 is 0 Å². The molecule has 0 saturated carbocycles. The van der Waals surface area contributed by atoms with E-state index in [0.29, 0.717) is 6.04 Å². The van der Waals surface area contributed by atoms with Crippen LogP contribution in [0.4, 0.5) is 0 Å². The minimum absolute atomic E-state index is 0.0637. The Morgan fingerprint density at radius 3 is 3.11 bits per heavy atom. The first-order valence-corrected chi connectivity index (χ1v) is 7.26. The number of hydrogen-bond acceptors (Lipinski definition) is 3. The van der Waals surface area contributed by atoms with Crippen LogP contribution in [0.2, 0.25) is 0 Å². The van der Waals surface area contributed by atoms with Crippen LogP contribution >= 0.6 is 0 Å². The van der Waals surface area contributed by atoms with Crippen LogP contribution in [0.3, 0.4) is 0 Å². The number of fused-ring (bicyclic) bond motifs is 2. The maximum Gasteiger partial charge on any atom is 0.119 e. The normalized spacial score (nSPS) is 30.1. The van der Waals surface area contributed by atoms with Crippen LogP contribution in [0, 0.1) is 0 Å². The molecule has 0 aromatic heterocycles. The molecule has 1 fully saturated rings. The van der Waals surface area contributed by atoms with Crippen LogP contribution < -0.4 is 10.1 Å². The van der Waals surface area contributed by atoms with Crippen LogP contribution in [-0.2, 0) is 16.8 Å². The lowest BCUT2D eigenvalue weighted by atomic mass is 9.74. The van der Waals surface area contributed by atoms with Crippen LogP contribution in [0.1, 0.15) is 36.8 Å². The summed E-state index contributed by atoms with van der Waals surface area (Å²) in [7, 11) is 3.79. The average Bonchev–Trinajstić information content (AvgIpc) is 2.47. The van der Waals surface area contributed by atoms with Crippen molar-refractivity contribution in [2.24, 2.45) is 0 Å². The van der Waals surface area contributed by atoms with Gasteiger partial charge < -0.3 is 14.8 Å². The maximum absolute atomic E-state index is 6.26. The van der Waals surface area contributed by atoms with Gasteiger partial charge in [0.2, 0.25) is 0 Å². The number of nitrogens with one attached hydrogen (secondary N) is 1. The first-order chi connectivity index (χ1) is 9.27. The zero-order valence-electron chi connectivity index (χ0n) is 11.9. The molecular weight excluding hydrogens is 238 g/mol. The summed E-state index contributed by atoms with van der Waals surface area (Å²) in [5, 5.41) is 3.42. The molecule has 1 aromatic rings. The summed E-state index contributed by atoms with van der Waals surface area (Å²) in [4.78, 5) is 0. The molecule has 1 aliphatic carbocycles. The summed E-state index contributed by atoms with van der Waals surface area (Å²) in [6, 6.07) is 7.04. The average molecular weight is 261 g/mol. The molecule has 1 aliphatic heterocycles. The van der Waals surface area contributed by atoms with Gasteiger partial charge in [0.25, 0.3) is 0 Å². The summed E-state index contributed by atoms with van der Waals surface area (Å²) >= 11 is 0. The van der Waals surface area contributed by atoms with Crippen molar-refractivity contribution in [3.63, 3.8) is 0 Å². The number of methoxy groups -OCH3 is 1. The molecule has 1 aromatic carbocycles. The number of ether oxygens (including phenoxy) is 2. The predicted octanol–water partition coefficient (Wildman–Crippen LogP) is 2.63. The number of rotatable bonds is 2. The third kappa shape index (κ3) is 2.26. The Morgan fingerprint density at radius 2 is 2.32 bits per heavy atom. The molecule has 0 bridgehead atoms. The monoisotopic (exact) mass is 261 g/mol. The Labute approximate surface area is 115 Å². The van der Waals surface area contributed by atoms with E-state index in [1.165, 1.54) is 17.5 Å². The topological polar surface area (TPSA) is 30.5 Å². The van der Waals surface area contributed by atoms with E-state index in [0.717, 1.165) is 38.0 Å². The van der Waals surface area contributed by atoms with E-state index in [1.807, 2.05) is 0 Å². The second-order valence-electron chi connectivity index (χ2n) is 5.70. The lowest BCUT2D eigenvalue weighted by Crippen LogP contribution is -2.46. The third-order valence-electron chi connectivity index (χ3n) is 4.66. The summed E-state index contributed by atoms with van der Waals surface area (Å²) in [6.07, 6.45) is 5.69. The molecule has 1 heterocycles. The molecule has 104 valence electrons. The fraction of sp³-hybridized carbons (Fsp3) is 0.625. The quantitative estimate of drug-likeness (QED) is 0.887. The Balaban J connectivity index is 1.97. The van der Waals surface area contributed by atoms with E-state index in [4.69, 9.17) is 9.47 Å². The van der Waals surface area contributed by atoms with Gasteiger partial charge in [0.15, 0.2) is 0 Å². The largest absolute Gasteiger partial charge is 0.497 e. The Morgan fingerprint density at radius 1 is 1.42 bits per heavy atom. The molecule has 1 saturated heterocycles. The van der Waals surface area contributed by atoms with Crippen molar-refractivity contribution in [3.05, 3.63) is 29.3 Å². The minimum atomic E-state index is -0.0637. The van der Waals surface area contributed by atoms with Gasteiger partial charge in [0.1, 0.15) is 5.75 Å². The van der Waals surface area contributed by atoms with Gasteiger partial charge in [-0.3, -0.25) is 0 Å². The number of benzene rings is 1. The molecule has 2 unspecified atom stereocenters. The zero-order valence-corrected chi connectivity index (χ0v) is 11.9. The third-order valence-corrected chi connectivity index (χ3v) is 4.66.